The number of rotatable bonds is 2. The Morgan fingerprint density at radius 2 is 0.539 bits per heavy atom. The fourth-order valence-electron chi connectivity index (χ4n) is 26.7. The van der Waals surface area contributed by atoms with Gasteiger partial charge in [-0.05, 0) is 315 Å². The van der Waals surface area contributed by atoms with Crippen LogP contribution in [0.2, 0.25) is 0 Å². The maximum absolute atomic E-state index is 6.01. The van der Waals surface area contributed by atoms with Crippen molar-refractivity contribution in [3.63, 3.8) is 0 Å². The highest BCUT2D eigenvalue weighted by atomic mass is 15.2. The van der Waals surface area contributed by atoms with E-state index in [9.17, 15) is 0 Å². The molecule has 0 aromatic heterocycles. The Balaban J connectivity index is 1.11. The third-order valence-corrected chi connectivity index (χ3v) is 26.8. The van der Waals surface area contributed by atoms with Crippen molar-refractivity contribution in [1.29, 1.82) is 0 Å². The number of nitrogens with zero attached hydrogens (tertiary/aromatic N) is 2. The zero-order valence-corrected chi connectivity index (χ0v) is 38.8. The van der Waals surface area contributed by atoms with Crippen molar-refractivity contribution in [3.05, 3.63) is 122 Å². The smallest absolute Gasteiger partial charge is 0.0869 e. The summed E-state index contributed by atoms with van der Waals surface area (Å²) in [6.07, 6.45) is 0. The van der Waals surface area contributed by atoms with Gasteiger partial charge in [0.2, 0.25) is 0 Å². The summed E-state index contributed by atoms with van der Waals surface area (Å²) in [4.78, 5) is 0. The zero-order chi connectivity index (χ0) is 45.3. The molecule has 26 aromatic rings. The molecule has 0 saturated carbocycles. The number of allylic oxidation sites excluding steroid dienone is 2. The second-order valence-electron chi connectivity index (χ2n) is 27.2. The highest BCUT2D eigenvalue weighted by Gasteiger charge is 2.78. The third kappa shape index (κ3) is 1.59. The quantitative estimate of drug-likeness (QED) is 0.154. The monoisotopic (exact) mass is 928 g/mol. The highest BCUT2D eigenvalue weighted by molar-refractivity contribution is 6.79. The van der Waals surface area contributed by atoms with Gasteiger partial charge >= 0.3 is 0 Å². The normalized spacial score (nSPS) is 24.5. The van der Waals surface area contributed by atoms with Crippen LogP contribution in [-0.2, 0) is 10.8 Å². The minimum absolute atomic E-state index is 0.136. The summed E-state index contributed by atoms with van der Waals surface area (Å²) in [5, 5.41) is 87.2. The van der Waals surface area contributed by atoms with Crippen LogP contribution < -0.4 is 0 Å². The largest absolute Gasteiger partial charge is 0.153 e. The Morgan fingerprint density at radius 1 is 0.237 bits per heavy atom. The van der Waals surface area contributed by atoms with E-state index in [0.29, 0.717) is 0 Å². The molecule has 2 nitrogen and oxygen atoms in total. The average molecular weight is 929 g/mol. The lowest BCUT2D eigenvalue weighted by molar-refractivity contribution is 0.465. The first kappa shape index (κ1) is 28.8. The topological polar surface area (TPSA) is 24.7 Å². The van der Waals surface area contributed by atoms with Crippen LogP contribution >= 0.6 is 0 Å². The van der Waals surface area contributed by atoms with E-state index in [1.807, 2.05) is 0 Å². The van der Waals surface area contributed by atoms with Gasteiger partial charge in [0.05, 0.1) is 22.3 Å². The van der Waals surface area contributed by atoms with E-state index >= 15 is 0 Å². The minimum Gasteiger partial charge on any atom is -0.153 e. The number of hydrogen-bond acceptors (Lipinski definition) is 2. The van der Waals surface area contributed by atoms with Crippen molar-refractivity contribution in [2.24, 2.45) is 10.2 Å². The SMILES string of the molecule is c1ccc(C2=NN=C(c3ccccc3)C34c5c6c7c8c9c%10c%11c%12c%13c%14c%15c%16c(c%17c%18c3c3c5c5c7c7c%19c8c%11c8c%11c%12c%12c%14c%14c%15c%17c%15c%18c%17c3c3c5c7c5c(c%198)c7c%11c%12c8c%14c%15c%11c%17c3c5c7c8%11)C24C(=C%16[C@H]%10%13)[C@@H]96)cc1. The first-order chi connectivity index (χ1) is 37.9. The molecule has 2 spiro atoms. The van der Waals surface area contributed by atoms with E-state index in [1.165, 1.54) is 22.6 Å². The lowest BCUT2D eigenvalue weighted by Gasteiger charge is -2.59. The molecule has 8 aliphatic carbocycles. The van der Waals surface area contributed by atoms with Gasteiger partial charge in [-0.2, -0.15) is 10.2 Å². The predicted octanol–water partition coefficient (Wildman–Crippen LogP) is 18.3. The third-order valence-electron chi connectivity index (χ3n) is 26.8. The highest BCUT2D eigenvalue weighted by Crippen LogP contribution is 2.88. The Bertz CT molecular complexity index is 7800. The van der Waals surface area contributed by atoms with E-state index in [-0.39, 0.29) is 11.8 Å². The molecule has 2 unspecified atom stereocenters. The Kier molecular flexibility index (Phi) is 2.57. The molecule has 1 heterocycles. The van der Waals surface area contributed by atoms with Crippen LogP contribution in [0, 0.1) is 0 Å². The van der Waals surface area contributed by atoms with E-state index < -0.39 is 10.8 Å². The van der Waals surface area contributed by atoms with Gasteiger partial charge in [0, 0.05) is 11.8 Å². The van der Waals surface area contributed by atoms with Crippen molar-refractivity contribution in [2.75, 3.05) is 0 Å². The summed E-state index contributed by atoms with van der Waals surface area (Å²) in [6.45, 7) is 0. The van der Waals surface area contributed by atoms with Gasteiger partial charge in [-0.15, -0.1) is 0 Å². The Labute approximate surface area is 417 Å². The van der Waals surface area contributed by atoms with Gasteiger partial charge in [-0.25, -0.2) is 0 Å². The van der Waals surface area contributed by atoms with Crippen LogP contribution in [0.15, 0.2) is 76.4 Å². The van der Waals surface area contributed by atoms with Crippen molar-refractivity contribution in [1.82, 2.24) is 0 Å². The summed E-state index contributed by atoms with van der Waals surface area (Å²) in [5.74, 6) is 0.323. The summed E-state index contributed by atoms with van der Waals surface area (Å²) in [5.41, 5.74) is 20.3. The molecule has 0 radical (unpaired) electrons. The second kappa shape index (κ2) is 6.78. The lowest BCUT2D eigenvalue weighted by atomic mass is 9.41. The molecule has 2 heteroatoms. The van der Waals surface area contributed by atoms with Gasteiger partial charge in [0.15, 0.2) is 0 Å². The van der Waals surface area contributed by atoms with Gasteiger partial charge in [-0.3, -0.25) is 0 Å². The summed E-state index contributed by atoms with van der Waals surface area (Å²) in [7, 11) is 0. The van der Waals surface area contributed by atoms with Crippen LogP contribution in [0.1, 0.15) is 67.5 Å². The van der Waals surface area contributed by atoms with Gasteiger partial charge in [-0.1, -0.05) is 60.7 Å². The van der Waals surface area contributed by atoms with Crippen molar-refractivity contribution < 1.29 is 0 Å². The van der Waals surface area contributed by atoms with Crippen molar-refractivity contribution in [2.45, 2.75) is 22.7 Å². The zero-order valence-electron chi connectivity index (χ0n) is 38.8. The maximum Gasteiger partial charge on any atom is 0.0869 e. The molecule has 0 bridgehead atoms. The standard InChI is InChI=1S/C74H12N2/c1-3-7-11(8-4-1)71-73-67-59-51-41-31-23-15-13-14-17-21-19(15)27-35-29(21)39-33-25(17)26-18(14)22-20-16(13)24(23)32-38-28(20)36-30(22)40-34(26)44-43(33)53-47(39)57-49(35)55(45(51)37(27)31)63(67)65(57)69-61(53)62-54(44)48(40)58-50(36)56-46(38)52(42(32)41)60(59)68(73)64(56)66(58)70(62)74(69,73)72(76-75-71)12-9-5-2-6-10-12/h1-10,51,63H/t51-,63-,73?,74?/m0/s1. The fraction of sp³-hybridized carbons (Fsp3) is 0.0541. The molecule has 1 aliphatic heterocycles. The number of benzene rings is 18. The van der Waals surface area contributed by atoms with Crippen LogP contribution in [0.5, 0.6) is 0 Å². The van der Waals surface area contributed by atoms with E-state index in [1.54, 1.807) is 303 Å². The molecule has 0 N–H and O–H groups in total. The lowest BCUT2D eigenvalue weighted by Crippen LogP contribution is -2.64. The first-order valence-electron chi connectivity index (χ1n) is 28.2. The average Bonchev–Trinajstić information content (AvgIpc) is 2.65. The molecule has 35 rings (SSSR count). The van der Waals surface area contributed by atoms with Crippen molar-refractivity contribution >= 4 is 265 Å². The fourth-order valence-corrected chi connectivity index (χ4v) is 26.7. The molecule has 0 fully saturated rings. The van der Waals surface area contributed by atoms with Crippen molar-refractivity contribution in [3.8, 4) is 0 Å². The molecule has 0 saturated heterocycles. The number of hydrogen-bond donors (Lipinski definition) is 0. The molecule has 9 aliphatic rings. The van der Waals surface area contributed by atoms with Gasteiger partial charge in [0.1, 0.15) is 0 Å². The first-order valence-corrected chi connectivity index (χ1v) is 28.2. The molecule has 76 heavy (non-hydrogen) atoms. The van der Waals surface area contributed by atoms with Crippen LogP contribution in [0.4, 0.5) is 0 Å². The van der Waals surface area contributed by atoms with Crippen LogP contribution in [0.25, 0.3) is 253 Å². The molecule has 4 atom stereocenters. The van der Waals surface area contributed by atoms with E-state index in [2.05, 4.69) is 60.7 Å². The Morgan fingerprint density at radius 3 is 0.974 bits per heavy atom. The van der Waals surface area contributed by atoms with Crippen LogP contribution in [0.3, 0.4) is 0 Å². The summed E-state index contributed by atoms with van der Waals surface area (Å²) < 4.78 is 0. The molecular formula is C74H12N2. The van der Waals surface area contributed by atoms with E-state index in [4.69, 9.17) is 10.2 Å². The predicted molar refractivity (Wildman–Crippen MR) is 314 cm³/mol. The summed E-state index contributed by atoms with van der Waals surface area (Å²) in [6, 6.07) is 23.3. The molecule has 26 aromatic carbocycles. The molecule has 0 amide bonds. The summed E-state index contributed by atoms with van der Waals surface area (Å²) >= 11 is 0. The minimum atomic E-state index is -0.668. The molecule has 318 valence electrons. The maximum atomic E-state index is 6.01. The van der Waals surface area contributed by atoms with Gasteiger partial charge < -0.3 is 0 Å². The Hall–Kier alpha value is -9.50. The van der Waals surface area contributed by atoms with Gasteiger partial charge in [0.25, 0.3) is 0 Å². The van der Waals surface area contributed by atoms with E-state index in [0.717, 1.165) is 0 Å². The second-order valence-corrected chi connectivity index (χ2v) is 27.2. The van der Waals surface area contributed by atoms with Crippen LogP contribution in [-0.4, -0.2) is 11.4 Å². The molecular weight excluding hydrogens is 917 g/mol.